The predicted octanol–water partition coefficient (Wildman–Crippen LogP) is 1.54. The van der Waals surface area contributed by atoms with E-state index >= 15 is 0 Å². The Morgan fingerprint density at radius 2 is 1.92 bits per heavy atom. The molecule has 4 atom stereocenters. The Balaban J connectivity index is 2.09. The van der Waals surface area contributed by atoms with Crippen LogP contribution in [-0.2, 0) is 19.1 Å². The lowest BCUT2D eigenvalue weighted by molar-refractivity contribution is -0.153. The van der Waals surface area contributed by atoms with Crippen molar-refractivity contribution in [1.82, 2.24) is 10.2 Å². The minimum absolute atomic E-state index is 0.257. The van der Waals surface area contributed by atoms with Crippen LogP contribution in [-0.4, -0.2) is 41.9 Å². The fraction of sp³-hybridized carbons (Fsp3) is 0.471. The summed E-state index contributed by atoms with van der Waals surface area (Å²) in [6, 6.07) is 6.59. The summed E-state index contributed by atoms with van der Waals surface area (Å²) in [7, 11) is 1.28. The molecule has 128 valence electrons. The lowest BCUT2D eigenvalue weighted by atomic mass is 9.80. The molecule has 0 spiro atoms. The number of carbonyl (C=O) groups is 3. The van der Waals surface area contributed by atoms with Crippen LogP contribution in [0.3, 0.4) is 0 Å². The van der Waals surface area contributed by atoms with Crippen molar-refractivity contribution in [3.05, 3.63) is 34.9 Å². The van der Waals surface area contributed by atoms with Gasteiger partial charge >= 0.3 is 5.97 Å². The first kappa shape index (κ1) is 16.9. The first-order valence-electron chi connectivity index (χ1n) is 7.82. The van der Waals surface area contributed by atoms with Crippen molar-refractivity contribution < 1.29 is 19.1 Å². The Labute approximate surface area is 145 Å². The standard InChI is InChI=1S/C17H19ClN2O4/c1-4-20-14(21)11-12(15(20)22)17(2,16(23)24-3)19-13(11)9-5-7-10(18)8-6-9/h5-8,11-13,19H,4H2,1-3H3/t11-,12+,13-,17+/m0/s1. The van der Waals surface area contributed by atoms with Crippen molar-refractivity contribution in [2.45, 2.75) is 25.4 Å². The summed E-state index contributed by atoms with van der Waals surface area (Å²) in [5.74, 6) is -2.55. The minimum Gasteiger partial charge on any atom is -0.468 e. The third-order valence-electron chi connectivity index (χ3n) is 5.03. The van der Waals surface area contributed by atoms with E-state index in [0.717, 1.165) is 5.56 Å². The highest BCUT2D eigenvalue weighted by Gasteiger charge is 2.66. The third kappa shape index (κ3) is 2.24. The van der Waals surface area contributed by atoms with E-state index in [0.29, 0.717) is 5.02 Å². The van der Waals surface area contributed by atoms with E-state index in [2.05, 4.69) is 5.32 Å². The molecule has 0 bridgehead atoms. The highest BCUT2D eigenvalue weighted by molar-refractivity contribution is 6.30. The number of amides is 2. The molecular weight excluding hydrogens is 332 g/mol. The lowest BCUT2D eigenvalue weighted by Crippen LogP contribution is -2.53. The largest absolute Gasteiger partial charge is 0.468 e. The number of nitrogens with one attached hydrogen (secondary N) is 1. The summed E-state index contributed by atoms with van der Waals surface area (Å²) in [5.41, 5.74) is -0.443. The van der Waals surface area contributed by atoms with Gasteiger partial charge in [0.1, 0.15) is 5.54 Å². The van der Waals surface area contributed by atoms with E-state index in [-0.39, 0.29) is 18.4 Å². The van der Waals surface area contributed by atoms with Crippen LogP contribution in [0.4, 0.5) is 0 Å². The van der Waals surface area contributed by atoms with Gasteiger partial charge in [-0.15, -0.1) is 0 Å². The van der Waals surface area contributed by atoms with E-state index < -0.39 is 29.4 Å². The number of fused-ring (bicyclic) bond motifs is 1. The fourth-order valence-corrected chi connectivity index (χ4v) is 3.99. The Morgan fingerprint density at radius 1 is 1.29 bits per heavy atom. The van der Waals surface area contributed by atoms with Gasteiger partial charge in [-0.05, 0) is 31.5 Å². The fourth-order valence-electron chi connectivity index (χ4n) is 3.87. The second-order valence-electron chi connectivity index (χ2n) is 6.29. The number of esters is 1. The maximum absolute atomic E-state index is 12.8. The van der Waals surface area contributed by atoms with Crippen molar-refractivity contribution in [3.8, 4) is 0 Å². The summed E-state index contributed by atoms with van der Waals surface area (Å²) < 4.78 is 4.90. The quantitative estimate of drug-likeness (QED) is 0.661. The number of carbonyl (C=O) groups excluding carboxylic acids is 3. The highest BCUT2D eigenvalue weighted by Crippen LogP contribution is 2.48. The third-order valence-corrected chi connectivity index (χ3v) is 5.29. The number of likely N-dealkylation sites (tertiary alicyclic amines) is 1. The molecule has 2 heterocycles. The average molecular weight is 351 g/mol. The van der Waals surface area contributed by atoms with Gasteiger partial charge < -0.3 is 4.74 Å². The molecule has 2 amide bonds. The molecule has 1 N–H and O–H groups in total. The Hall–Kier alpha value is -1.92. The number of halogens is 1. The van der Waals surface area contributed by atoms with Gasteiger partial charge in [0.2, 0.25) is 11.8 Å². The maximum Gasteiger partial charge on any atom is 0.326 e. The zero-order valence-electron chi connectivity index (χ0n) is 13.7. The summed E-state index contributed by atoms with van der Waals surface area (Å²) in [6.07, 6.45) is 0. The summed E-state index contributed by atoms with van der Waals surface area (Å²) >= 11 is 5.93. The van der Waals surface area contributed by atoms with Gasteiger partial charge in [0.15, 0.2) is 0 Å². The lowest BCUT2D eigenvalue weighted by Gasteiger charge is -2.28. The first-order valence-corrected chi connectivity index (χ1v) is 8.19. The van der Waals surface area contributed by atoms with Gasteiger partial charge in [-0.1, -0.05) is 23.7 Å². The highest BCUT2D eigenvalue weighted by atomic mass is 35.5. The van der Waals surface area contributed by atoms with Gasteiger partial charge in [-0.3, -0.25) is 24.6 Å². The molecule has 0 aromatic heterocycles. The SMILES string of the molecule is CCN1C(=O)[C@@H]2[C@H](c3ccc(Cl)cc3)N[C@@](C)(C(=O)OC)[C@H]2C1=O. The van der Waals surface area contributed by atoms with Crippen LogP contribution < -0.4 is 5.32 Å². The van der Waals surface area contributed by atoms with Crippen molar-refractivity contribution in [2.75, 3.05) is 13.7 Å². The number of rotatable bonds is 3. The molecule has 0 unspecified atom stereocenters. The van der Waals surface area contributed by atoms with Crippen molar-refractivity contribution in [2.24, 2.45) is 11.8 Å². The van der Waals surface area contributed by atoms with Crippen molar-refractivity contribution in [1.29, 1.82) is 0 Å². The number of imide groups is 1. The van der Waals surface area contributed by atoms with Gasteiger partial charge in [0.05, 0.1) is 18.9 Å². The molecule has 0 aliphatic carbocycles. The van der Waals surface area contributed by atoms with E-state index in [9.17, 15) is 14.4 Å². The molecule has 2 aliphatic heterocycles. The molecule has 3 rings (SSSR count). The molecule has 24 heavy (non-hydrogen) atoms. The van der Waals surface area contributed by atoms with E-state index in [1.165, 1.54) is 12.0 Å². The maximum atomic E-state index is 12.8. The average Bonchev–Trinajstić information content (AvgIpc) is 3.02. The summed E-state index contributed by atoms with van der Waals surface area (Å²) in [4.78, 5) is 39.1. The Morgan fingerprint density at radius 3 is 2.46 bits per heavy atom. The summed E-state index contributed by atoms with van der Waals surface area (Å²) in [6.45, 7) is 3.66. The van der Waals surface area contributed by atoms with Gasteiger partial charge in [-0.2, -0.15) is 0 Å². The van der Waals surface area contributed by atoms with Crippen LogP contribution in [0.25, 0.3) is 0 Å². The molecule has 6 nitrogen and oxygen atoms in total. The number of nitrogens with zero attached hydrogens (tertiary/aromatic N) is 1. The second-order valence-corrected chi connectivity index (χ2v) is 6.73. The molecule has 0 saturated carbocycles. The second kappa shape index (κ2) is 5.86. The van der Waals surface area contributed by atoms with Crippen molar-refractivity contribution >= 4 is 29.4 Å². The smallest absolute Gasteiger partial charge is 0.326 e. The molecule has 2 aliphatic rings. The van der Waals surface area contributed by atoms with Crippen LogP contribution in [0, 0.1) is 11.8 Å². The first-order chi connectivity index (χ1) is 11.3. The molecule has 2 saturated heterocycles. The monoisotopic (exact) mass is 350 g/mol. The van der Waals surface area contributed by atoms with Crippen LogP contribution in [0.2, 0.25) is 5.02 Å². The van der Waals surface area contributed by atoms with E-state index in [1.54, 1.807) is 38.1 Å². The molecule has 7 heteroatoms. The normalized spacial score (nSPS) is 32.2. The number of benzene rings is 1. The molecule has 0 radical (unpaired) electrons. The molecule has 1 aromatic rings. The molecule has 2 fully saturated rings. The van der Waals surface area contributed by atoms with E-state index in [1.807, 2.05) is 0 Å². The van der Waals surface area contributed by atoms with Crippen molar-refractivity contribution in [3.63, 3.8) is 0 Å². The van der Waals surface area contributed by atoms with Crippen LogP contribution in [0.1, 0.15) is 25.5 Å². The Bertz CT molecular complexity index is 705. The summed E-state index contributed by atoms with van der Waals surface area (Å²) in [5, 5.41) is 3.75. The van der Waals surface area contributed by atoms with Gasteiger partial charge in [-0.25, -0.2) is 0 Å². The van der Waals surface area contributed by atoms with E-state index in [4.69, 9.17) is 16.3 Å². The number of hydrogen-bond donors (Lipinski definition) is 1. The zero-order valence-corrected chi connectivity index (χ0v) is 14.5. The number of ether oxygens (including phenoxy) is 1. The topological polar surface area (TPSA) is 75.7 Å². The predicted molar refractivity (Wildman–Crippen MR) is 87.1 cm³/mol. The molecular formula is C17H19ClN2O4. The number of methoxy groups -OCH3 is 1. The van der Waals surface area contributed by atoms with Crippen LogP contribution >= 0.6 is 11.6 Å². The van der Waals surface area contributed by atoms with Crippen LogP contribution in [0.15, 0.2) is 24.3 Å². The molecule has 1 aromatic carbocycles. The van der Waals surface area contributed by atoms with Gasteiger partial charge in [0, 0.05) is 17.6 Å². The Kier molecular flexibility index (Phi) is 4.13. The zero-order chi connectivity index (χ0) is 17.6. The number of hydrogen-bond acceptors (Lipinski definition) is 5. The van der Waals surface area contributed by atoms with Crippen LogP contribution in [0.5, 0.6) is 0 Å². The minimum atomic E-state index is -1.25. The van der Waals surface area contributed by atoms with Gasteiger partial charge in [0.25, 0.3) is 0 Å².